The Morgan fingerprint density at radius 2 is 1.69 bits per heavy atom. The van der Waals surface area contributed by atoms with E-state index in [4.69, 9.17) is 4.74 Å². The quantitative estimate of drug-likeness (QED) is 0.335. The van der Waals surface area contributed by atoms with Crippen molar-refractivity contribution in [1.29, 1.82) is 0 Å². The van der Waals surface area contributed by atoms with E-state index in [9.17, 15) is 29.4 Å². The van der Waals surface area contributed by atoms with Crippen LogP contribution in [0.3, 0.4) is 0 Å². The Bertz CT molecular complexity index is 1190. The van der Waals surface area contributed by atoms with Gasteiger partial charge in [-0.05, 0) is 69.0 Å². The predicted octanol–water partition coefficient (Wildman–Crippen LogP) is 2.56. The number of phenolic OH excluding ortho intramolecular Hbond substituents is 2. The lowest BCUT2D eigenvalue weighted by Gasteiger charge is -2.34. The van der Waals surface area contributed by atoms with Crippen LogP contribution in [0.1, 0.15) is 50.8 Å². The summed E-state index contributed by atoms with van der Waals surface area (Å²) in [6, 6.07) is 9.52. The highest BCUT2D eigenvalue weighted by atomic mass is 16.6. The number of carbonyl (C=O) groups is 4. The zero-order chi connectivity index (χ0) is 28.7. The van der Waals surface area contributed by atoms with Crippen LogP contribution in [0.2, 0.25) is 0 Å². The van der Waals surface area contributed by atoms with E-state index in [1.165, 1.54) is 36.3 Å². The molecule has 3 amide bonds. The second-order valence-corrected chi connectivity index (χ2v) is 10.3. The van der Waals surface area contributed by atoms with Crippen molar-refractivity contribution in [3.05, 3.63) is 59.7 Å². The van der Waals surface area contributed by atoms with Crippen LogP contribution in [0.5, 0.6) is 11.5 Å². The van der Waals surface area contributed by atoms with Crippen molar-refractivity contribution in [2.45, 2.75) is 63.8 Å². The van der Waals surface area contributed by atoms with Gasteiger partial charge in [0.2, 0.25) is 11.8 Å². The summed E-state index contributed by atoms with van der Waals surface area (Å²) in [5, 5.41) is 24.9. The number of amides is 3. The van der Waals surface area contributed by atoms with Gasteiger partial charge in [0, 0.05) is 12.5 Å². The molecular weight excluding hydrogens is 506 g/mol. The largest absolute Gasteiger partial charge is 0.508 e. The van der Waals surface area contributed by atoms with E-state index in [1.807, 2.05) is 0 Å². The Balaban J connectivity index is 1.99. The molecule has 2 aromatic carbocycles. The molecule has 210 valence electrons. The van der Waals surface area contributed by atoms with Crippen molar-refractivity contribution in [2.75, 3.05) is 13.7 Å². The van der Waals surface area contributed by atoms with E-state index in [2.05, 4.69) is 15.4 Å². The Labute approximate surface area is 227 Å². The molecule has 1 fully saturated rings. The highest BCUT2D eigenvalue weighted by Crippen LogP contribution is 2.36. The number of phenols is 2. The lowest BCUT2D eigenvalue weighted by Crippen LogP contribution is -2.54. The molecule has 0 aliphatic heterocycles. The predicted molar refractivity (Wildman–Crippen MR) is 141 cm³/mol. The molecule has 2 unspecified atom stereocenters. The standard InChI is InChI=1S/C28H35N3O8/c1-28(2,3)39-27(37)30-22(14-17-8-12-20(32)13-9-17)26(36)31(19-10-11-19)24(18-6-5-7-21(33)15-18)25(35)29-16-23(34)38-4/h5-9,12-13,15,19,22,24,32-33H,10-11,14,16H2,1-4H3,(H,29,35)(H,30,37). The fourth-order valence-electron chi connectivity index (χ4n) is 4.03. The van der Waals surface area contributed by atoms with Crippen LogP contribution in [0.25, 0.3) is 0 Å². The molecule has 0 bridgehead atoms. The second-order valence-electron chi connectivity index (χ2n) is 10.3. The van der Waals surface area contributed by atoms with Crippen LogP contribution in [0.15, 0.2) is 48.5 Å². The van der Waals surface area contributed by atoms with Gasteiger partial charge in [-0.15, -0.1) is 0 Å². The summed E-state index contributed by atoms with van der Waals surface area (Å²) in [6.45, 7) is 4.68. The third-order valence-electron chi connectivity index (χ3n) is 5.91. The van der Waals surface area contributed by atoms with Gasteiger partial charge < -0.3 is 35.2 Å². The number of aromatic hydroxyl groups is 2. The molecule has 0 spiro atoms. The number of nitrogens with zero attached hydrogens (tertiary/aromatic N) is 1. The maximum absolute atomic E-state index is 14.2. The van der Waals surface area contributed by atoms with Gasteiger partial charge in [-0.25, -0.2) is 4.79 Å². The Kier molecular flexibility index (Phi) is 9.39. The average Bonchev–Trinajstić information content (AvgIpc) is 3.70. The molecule has 11 heteroatoms. The van der Waals surface area contributed by atoms with Crippen LogP contribution in [-0.4, -0.2) is 70.3 Å². The van der Waals surface area contributed by atoms with Crippen molar-refractivity contribution in [3.63, 3.8) is 0 Å². The summed E-state index contributed by atoms with van der Waals surface area (Å²) in [5.74, 6) is -1.91. The van der Waals surface area contributed by atoms with Gasteiger partial charge in [0.1, 0.15) is 35.7 Å². The lowest BCUT2D eigenvalue weighted by molar-refractivity contribution is -0.145. The highest BCUT2D eigenvalue weighted by molar-refractivity contribution is 5.93. The number of carbonyl (C=O) groups excluding carboxylic acids is 4. The molecule has 4 N–H and O–H groups in total. The van der Waals surface area contributed by atoms with Gasteiger partial charge in [0.05, 0.1) is 7.11 Å². The average molecular weight is 542 g/mol. The van der Waals surface area contributed by atoms with E-state index in [0.717, 1.165) is 0 Å². The number of hydrogen-bond acceptors (Lipinski definition) is 8. The maximum atomic E-state index is 14.2. The second kappa shape index (κ2) is 12.5. The molecule has 2 atom stereocenters. The number of hydrogen-bond donors (Lipinski definition) is 4. The Morgan fingerprint density at radius 3 is 2.26 bits per heavy atom. The third-order valence-corrected chi connectivity index (χ3v) is 5.91. The first-order valence-corrected chi connectivity index (χ1v) is 12.6. The van der Waals surface area contributed by atoms with Crippen molar-refractivity contribution < 1.29 is 38.9 Å². The fourth-order valence-corrected chi connectivity index (χ4v) is 4.03. The topological polar surface area (TPSA) is 154 Å². The number of alkyl carbamates (subject to hydrolysis) is 1. The normalized spacial score (nSPS) is 14.5. The molecule has 39 heavy (non-hydrogen) atoms. The monoisotopic (exact) mass is 541 g/mol. The molecule has 1 aliphatic rings. The zero-order valence-electron chi connectivity index (χ0n) is 22.5. The third kappa shape index (κ3) is 8.62. The summed E-state index contributed by atoms with van der Waals surface area (Å²) in [7, 11) is 1.19. The SMILES string of the molecule is COC(=O)CNC(=O)C(c1cccc(O)c1)N(C(=O)C(Cc1ccc(O)cc1)NC(=O)OC(C)(C)C)C1CC1. The number of methoxy groups -OCH3 is 1. The molecule has 0 radical (unpaired) electrons. The molecule has 1 aliphatic carbocycles. The first kappa shape index (κ1) is 29.3. The van der Waals surface area contributed by atoms with Crippen molar-refractivity contribution >= 4 is 23.9 Å². The number of esters is 1. The summed E-state index contributed by atoms with van der Waals surface area (Å²) in [4.78, 5) is 53.5. The minimum absolute atomic E-state index is 0.0487. The maximum Gasteiger partial charge on any atom is 0.408 e. The zero-order valence-corrected chi connectivity index (χ0v) is 22.5. The molecule has 11 nitrogen and oxygen atoms in total. The first-order chi connectivity index (χ1) is 18.4. The lowest BCUT2D eigenvalue weighted by atomic mass is 9.99. The van der Waals surface area contributed by atoms with Gasteiger partial charge in [-0.1, -0.05) is 24.3 Å². The van der Waals surface area contributed by atoms with Crippen LogP contribution in [0.4, 0.5) is 4.79 Å². The molecule has 0 heterocycles. The number of nitrogens with one attached hydrogen (secondary N) is 2. The molecule has 1 saturated carbocycles. The van der Waals surface area contributed by atoms with Crippen LogP contribution >= 0.6 is 0 Å². The number of ether oxygens (including phenoxy) is 2. The van der Waals surface area contributed by atoms with Gasteiger partial charge in [0.15, 0.2) is 0 Å². The van der Waals surface area contributed by atoms with E-state index >= 15 is 0 Å². The fraction of sp³-hybridized carbons (Fsp3) is 0.429. The molecular formula is C28H35N3O8. The van der Waals surface area contributed by atoms with Gasteiger partial charge >= 0.3 is 12.1 Å². The summed E-state index contributed by atoms with van der Waals surface area (Å²) in [5.41, 5.74) is 0.171. The van der Waals surface area contributed by atoms with Crippen LogP contribution < -0.4 is 10.6 Å². The smallest absolute Gasteiger partial charge is 0.408 e. The highest BCUT2D eigenvalue weighted by Gasteiger charge is 2.44. The van der Waals surface area contributed by atoms with Gasteiger partial charge in [-0.2, -0.15) is 0 Å². The molecule has 3 rings (SSSR count). The Morgan fingerprint density at radius 1 is 1.03 bits per heavy atom. The van der Waals surface area contributed by atoms with Crippen molar-refractivity contribution in [3.8, 4) is 11.5 Å². The summed E-state index contributed by atoms with van der Waals surface area (Å²) in [6.07, 6.45) is 0.505. The summed E-state index contributed by atoms with van der Waals surface area (Å²) >= 11 is 0. The Hall–Kier alpha value is -4.28. The minimum Gasteiger partial charge on any atom is -0.508 e. The van der Waals surface area contributed by atoms with Crippen molar-refractivity contribution in [2.24, 2.45) is 0 Å². The minimum atomic E-state index is -1.20. The molecule has 2 aromatic rings. The molecule has 0 saturated heterocycles. The summed E-state index contributed by atoms with van der Waals surface area (Å²) < 4.78 is 10.0. The van der Waals surface area contributed by atoms with Crippen LogP contribution in [0, 0.1) is 0 Å². The van der Waals surface area contributed by atoms with Gasteiger partial charge in [0.25, 0.3) is 0 Å². The van der Waals surface area contributed by atoms with Crippen molar-refractivity contribution in [1.82, 2.24) is 15.5 Å². The van der Waals surface area contributed by atoms with E-state index in [-0.39, 0.29) is 24.0 Å². The molecule has 0 aromatic heterocycles. The van der Waals surface area contributed by atoms with Crippen LogP contribution in [-0.2, 0) is 30.3 Å². The van der Waals surface area contributed by atoms with E-state index in [0.29, 0.717) is 24.0 Å². The number of rotatable bonds is 10. The number of benzene rings is 2. The first-order valence-electron chi connectivity index (χ1n) is 12.6. The van der Waals surface area contributed by atoms with Gasteiger partial charge in [-0.3, -0.25) is 14.4 Å². The van der Waals surface area contributed by atoms with E-state index < -0.39 is 48.1 Å². The van der Waals surface area contributed by atoms with E-state index in [1.54, 1.807) is 45.0 Å².